The van der Waals surface area contributed by atoms with Crippen molar-refractivity contribution in [2.45, 2.75) is 56.4 Å². The number of aliphatic carboxylic acids is 1. The average molecular weight is 492 g/mol. The van der Waals surface area contributed by atoms with E-state index in [-0.39, 0.29) is 13.0 Å². The average Bonchev–Trinajstić information content (AvgIpc) is 2.90. The molecule has 34 heavy (non-hydrogen) atoms. The lowest BCUT2D eigenvalue weighted by Gasteiger charge is -2.42. The molecule has 2 aromatic rings. The first-order chi connectivity index (χ1) is 16.1. The minimum Gasteiger partial charge on any atom is -0.491 e. The fourth-order valence-electron chi connectivity index (χ4n) is 4.31. The van der Waals surface area contributed by atoms with Crippen molar-refractivity contribution in [2.75, 3.05) is 37.0 Å². The van der Waals surface area contributed by atoms with E-state index in [9.17, 15) is 13.9 Å². The molecule has 0 fully saturated rings. The maximum absolute atomic E-state index is 11.4. The van der Waals surface area contributed by atoms with Crippen LogP contribution in [-0.4, -0.2) is 53.0 Å². The fourth-order valence-corrected chi connectivity index (χ4v) is 6.07. The van der Waals surface area contributed by atoms with Crippen LogP contribution in [-0.2, 0) is 4.79 Å². The molecule has 8 nitrogen and oxygen atoms in total. The summed E-state index contributed by atoms with van der Waals surface area (Å²) in [5, 5.41) is 9.02. The zero-order valence-electron chi connectivity index (χ0n) is 20.5. The van der Waals surface area contributed by atoms with Gasteiger partial charge in [-0.05, 0) is 31.0 Å². The molecule has 2 aromatic carbocycles. The van der Waals surface area contributed by atoms with Crippen LogP contribution in [0.4, 0.5) is 17.1 Å². The predicted molar refractivity (Wildman–Crippen MR) is 139 cm³/mol. The molecule has 3 rings (SSSR count). The van der Waals surface area contributed by atoms with Crippen molar-refractivity contribution < 1.29 is 23.7 Å². The SMILES string of the molecule is CCCC[C@@]1(CC)CN(c2ccccc2)c2cc(N(C)C)c(OCCC(=O)O)cc2S(O)(O)N1. The Morgan fingerprint density at radius 2 is 1.91 bits per heavy atom. The van der Waals surface area contributed by atoms with Gasteiger partial charge in [-0.25, -0.2) is 4.72 Å². The summed E-state index contributed by atoms with van der Waals surface area (Å²) >= 11 is 0. The van der Waals surface area contributed by atoms with Gasteiger partial charge >= 0.3 is 5.97 Å². The summed E-state index contributed by atoms with van der Waals surface area (Å²) < 4.78 is 32.0. The van der Waals surface area contributed by atoms with Crippen molar-refractivity contribution in [1.82, 2.24) is 4.72 Å². The molecule has 9 heteroatoms. The quantitative estimate of drug-likeness (QED) is 0.335. The largest absolute Gasteiger partial charge is 0.491 e. The molecule has 0 bridgehead atoms. The van der Waals surface area contributed by atoms with Crippen molar-refractivity contribution >= 4 is 33.8 Å². The highest BCUT2D eigenvalue weighted by atomic mass is 32.3. The van der Waals surface area contributed by atoms with Gasteiger partial charge in [0.15, 0.2) is 0 Å². The van der Waals surface area contributed by atoms with Crippen LogP contribution in [0.25, 0.3) is 0 Å². The first-order valence-corrected chi connectivity index (χ1v) is 13.3. The molecule has 0 amide bonds. The summed E-state index contributed by atoms with van der Waals surface area (Å²) in [6.45, 7) is 4.76. The standard InChI is InChI=1S/C25H37N3O5S/c1-5-7-14-25(6-2)18-28(19-11-9-8-10-12-19)21-16-20(27(3)4)22(33-15-13-24(29)30)17-23(21)34(31,32)26-25/h8-12,16-17,26,31-32H,5-7,13-15,18H2,1-4H3,(H,29,30)/t25-/m0/s1. The Hall–Kier alpha value is -2.46. The third-order valence-electron chi connectivity index (χ3n) is 6.27. The van der Waals surface area contributed by atoms with Gasteiger partial charge in [0.05, 0.1) is 29.9 Å². The molecule has 0 spiro atoms. The maximum Gasteiger partial charge on any atom is 0.306 e. The van der Waals surface area contributed by atoms with E-state index in [4.69, 9.17) is 9.84 Å². The second-order valence-corrected chi connectivity index (χ2v) is 10.7. The van der Waals surface area contributed by atoms with E-state index in [2.05, 4.69) is 23.5 Å². The highest BCUT2D eigenvalue weighted by Gasteiger charge is 2.41. The van der Waals surface area contributed by atoms with Crippen LogP contribution in [0, 0.1) is 0 Å². The number of hydrogen-bond acceptors (Lipinski definition) is 7. The fraction of sp³-hybridized carbons (Fsp3) is 0.480. The molecule has 188 valence electrons. The predicted octanol–water partition coefficient (Wildman–Crippen LogP) is 5.71. The van der Waals surface area contributed by atoms with Crippen molar-refractivity contribution in [2.24, 2.45) is 0 Å². The van der Waals surface area contributed by atoms with E-state index < -0.39 is 22.3 Å². The monoisotopic (exact) mass is 491 g/mol. The van der Waals surface area contributed by atoms with Gasteiger partial charge in [0, 0.05) is 32.4 Å². The number of carbonyl (C=O) groups is 1. The summed E-state index contributed by atoms with van der Waals surface area (Å²) in [5.74, 6) is -0.539. The van der Waals surface area contributed by atoms with Gasteiger partial charge in [0.2, 0.25) is 0 Å². The topological polar surface area (TPSA) is 106 Å². The number of para-hydroxylation sites is 1. The number of nitrogens with one attached hydrogen (secondary N) is 1. The van der Waals surface area contributed by atoms with Gasteiger partial charge in [-0.1, -0.05) is 44.9 Å². The molecular weight excluding hydrogens is 454 g/mol. The number of ether oxygens (including phenoxy) is 1. The maximum atomic E-state index is 11.4. The Labute approximate surface area is 204 Å². The lowest BCUT2D eigenvalue weighted by Crippen LogP contribution is -2.51. The van der Waals surface area contributed by atoms with Crippen molar-refractivity contribution in [3.63, 3.8) is 0 Å². The van der Waals surface area contributed by atoms with Gasteiger partial charge in [-0.2, -0.15) is 0 Å². The number of nitrogens with zero attached hydrogens (tertiary/aromatic N) is 2. The molecule has 0 unspecified atom stereocenters. The number of benzene rings is 2. The summed E-state index contributed by atoms with van der Waals surface area (Å²) in [5.41, 5.74) is 1.88. The number of carboxylic acids is 1. The lowest BCUT2D eigenvalue weighted by atomic mass is 9.89. The van der Waals surface area contributed by atoms with E-state index >= 15 is 0 Å². The van der Waals surface area contributed by atoms with E-state index in [1.54, 1.807) is 6.07 Å². The van der Waals surface area contributed by atoms with Gasteiger partial charge in [0.25, 0.3) is 0 Å². The van der Waals surface area contributed by atoms with Gasteiger partial charge in [-0.15, -0.1) is 10.8 Å². The molecule has 0 radical (unpaired) electrons. The van der Waals surface area contributed by atoms with Crippen molar-refractivity contribution in [1.29, 1.82) is 0 Å². The van der Waals surface area contributed by atoms with Gasteiger partial charge < -0.3 is 19.6 Å². The van der Waals surface area contributed by atoms with E-state index in [1.165, 1.54) is 0 Å². The zero-order valence-corrected chi connectivity index (χ0v) is 21.3. The highest BCUT2D eigenvalue weighted by Crippen LogP contribution is 2.57. The molecule has 0 saturated heterocycles. The third-order valence-corrected chi connectivity index (χ3v) is 7.92. The van der Waals surface area contributed by atoms with Crippen LogP contribution in [0.1, 0.15) is 46.0 Å². The van der Waals surface area contributed by atoms with Crippen molar-refractivity contribution in [3.05, 3.63) is 42.5 Å². The molecule has 0 saturated carbocycles. The van der Waals surface area contributed by atoms with Crippen LogP contribution in [0.15, 0.2) is 47.4 Å². The molecule has 4 N–H and O–H groups in total. The normalized spacial score (nSPS) is 20.2. The Bertz CT molecular complexity index is 986. The minimum atomic E-state index is -3.38. The minimum absolute atomic E-state index is 0.0145. The highest BCUT2D eigenvalue weighted by molar-refractivity contribution is 8.22. The van der Waals surface area contributed by atoms with Crippen LogP contribution in [0.5, 0.6) is 5.75 Å². The summed E-state index contributed by atoms with van der Waals surface area (Å²) in [7, 11) is 0.374. The number of rotatable bonds is 10. The molecule has 1 atom stereocenters. The summed E-state index contributed by atoms with van der Waals surface area (Å²) in [6, 6.07) is 13.5. The smallest absolute Gasteiger partial charge is 0.306 e. The Balaban J connectivity index is 2.20. The number of carboxylic acid groups (broad SMARTS) is 1. The summed E-state index contributed by atoms with van der Waals surface area (Å²) in [6.07, 6.45) is 3.35. The second kappa shape index (κ2) is 10.9. The molecule has 1 aliphatic heterocycles. The second-order valence-electron chi connectivity index (χ2n) is 8.98. The van der Waals surface area contributed by atoms with Crippen LogP contribution < -0.4 is 19.3 Å². The van der Waals surface area contributed by atoms with Gasteiger partial charge in [-0.3, -0.25) is 13.9 Å². The lowest BCUT2D eigenvalue weighted by molar-refractivity contribution is -0.137. The molecule has 0 aliphatic carbocycles. The number of anilines is 3. The van der Waals surface area contributed by atoms with E-state index in [0.717, 1.165) is 37.1 Å². The summed E-state index contributed by atoms with van der Waals surface area (Å²) in [4.78, 5) is 15.4. The Morgan fingerprint density at radius 1 is 1.21 bits per heavy atom. The number of hydrogen-bond donors (Lipinski definition) is 4. The van der Waals surface area contributed by atoms with Gasteiger partial charge in [0.1, 0.15) is 10.6 Å². The van der Waals surface area contributed by atoms with E-state index in [0.29, 0.717) is 22.9 Å². The van der Waals surface area contributed by atoms with Crippen LogP contribution in [0.3, 0.4) is 0 Å². The van der Waals surface area contributed by atoms with Crippen LogP contribution in [0.2, 0.25) is 0 Å². The zero-order chi connectivity index (χ0) is 24.9. The van der Waals surface area contributed by atoms with Crippen LogP contribution >= 0.6 is 10.8 Å². The van der Waals surface area contributed by atoms with E-state index in [1.807, 2.05) is 55.4 Å². The van der Waals surface area contributed by atoms with Crippen molar-refractivity contribution in [3.8, 4) is 5.75 Å². The Kier molecular flexibility index (Phi) is 8.35. The first kappa shape index (κ1) is 26.2. The third kappa shape index (κ3) is 5.78. The Morgan fingerprint density at radius 3 is 2.50 bits per heavy atom. The molecule has 0 aromatic heterocycles. The molecule has 1 heterocycles. The number of fused-ring (bicyclic) bond motifs is 1. The number of unbranched alkanes of at least 4 members (excludes halogenated alkanes) is 1. The molecular formula is C25H37N3O5S. The first-order valence-electron chi connectivity index (χ1n) is 11.7. The molecule has 1 aliphatic rings.